The predicted molar refractivity (Wildman–Crippen MR) is 90.3 cm³/mol. The van der Waals surface area contributed by atoms with E-state index in [-0.39, 0.29) is 11.9 Å². The van der Waals surface area contributed by atoms with Crippen LogP contribution in [-0.2, 0) is 6.42 Å². The lowest BCUT2D eigenvalue weighted by Crippen LogP contribution is -2.08. The van der Waals surface area contributed by atoms with Gasteiger partial charge in [0.05, 0.1) is 12.7 Å². The standard InChI is InChI=1S/C19H23NO3/c1-4-22-19-12-15(8-10-18(19)23-14(2)3)7-9-17(21)16-6-5-11-20-13-16/h5-6,8,10-14H,4,7,9H2,1-3H3. The number of aromatic nitrogens is 1. The van der Waals surface area contributed by atoms with E-state index in [2.05, 4.69) is 4.98 Å². The van der Waals surface area contributed by atoms with Crippen LogP contribution in [0, 0.1) is 0 Å². The van der Waals surface area contributed by atoms with Gasteiger partial charge in [-0.15, -0.1) is 0 Å². The summed E-state index contributed by atoms with van der Waals surface area (Å²) >= 11 is 0. The van der Waals surface area contributed by atoms with Gasteiger partial charge in [-0.25, -0.2) is 0 Å². The molecule has 0 atom stereocenters. The smallest absolute Gasteiger partial charge is 0.164 e. The van der Waals surface area contributed by atoms with Gasteiger partial charge in [-0.05, 0) is 57.0 Å². The number of Topliss-reactive ketones (excluding diaryl/α,β-unsaturated/α-hetero) is 1. The first-order valence-electron chi connectivity index (χ1n) is 7.95. The molecule has 0 bridgehead atoms. The molecule has 0 spiro atoms. The van der Waals surface area contributed by atoms with E-state index in [1.54, 1.807) is 24.5 Å². The Morgan fingerprint density at radius 2 is 2.04 bits per heavy atom. The maximum absolute atomic E-state index is 12.1. The summed E-state index contributed by atoms with van der Waals surface area (Å²) in [6.07, 6.45) is 4.47. The summed E-state index contributed by atoms with van der Waals surface area (Å²) in [4.78, 5) is 16.1. The number of pyridine rings is 1. The molecular weight excluding hydrogens is 290 g/mol. The van der Waals surface area contributed by atoms with E-state index in [0.717, 1.165) is 17.1 Å². The Morgan fingerprint density at radius 1 is 1.22 bits per heavy atom. The van der Waals surface area contributed by atoms with Crippen LogP contribution in [0.25, 0.3) is 0 Å². The van der Waals surface area contributed by atoms with Gasteiger partial charge in [0, 0.05) is 24.4 Å². The van der Waals surface area contributed by atoms with Crippen molar-refractivity contribution in [3.05, 3.63) is 53.9 Å². The molecule has 23 heavy (non-hydrogen) atoms. The number of carbonyl (C=O) groups is 1. The molecule has 1 heterocycles. The van der Waals surface area contributed by atoms with Crippen LogP contribution in [0.2, 0.25) is 0 Å². The molecule has 1 aromatic carbocycles. The summed E-state index contributed by atoms with van der Waals surface area (Å²) < 4.78 is 11.4. The van der Waals surface area contributed by atoms with Crippen molar-refractivity contribution < 1.29 is 14.3 Å². The highest BCUT2D eigenvalue weighted by Gasteiger charge is 2.10. The van der Waals surface area contributed by atoms with E-state index < -0.39 is 0 Å². The van der Waals surface area contributed by atoms with Crippen LogP contribution >= 0.6 is 0 Å². The molecule has 0 aliphatic rings. The Labute approximate surface area is 137 Å². The molecule has 0 radical (unpaired) electrons. The number of hydrogen-bond acceptors (Lipinski definition) is 4. The fourth-order valence-corrected chi connectivity index (χ4v) is 2.26. The second-order valence-electron chi connectivity index (χ2n) is 5.55. The third kappa shape index (κ3) is 5.09. The van der Waals surface area contributed by atoms with Crippen LogP contribution in [0.3, 0.4) is 0 Å². The zero-order valence-electron chi connectivity index (χ0n) is 13.9. The summed E-state index contributed by atoms with van der Waals surface area (Å²) in [6, 6.07) is 9.42. The normalized spacial score (nSPS) is 10.6. The average Bonchev–Trinajstić information content (AvgIpc) is 2.55. The zero-order valence-corrected chi connectivity index (χ0v) is 13.9. The summed E-state index contributed by atoms with van der Waals surface area (Å²) in [5.74, 6) is 1.57. The fraction of sp³-hybridized carbons (Fsp3) is 0.368. The van der Waals surface area contributed by atoms with Crippen molar-refractivity contribution in [2.45, 2.75) is 39.7 Å². The average molecular weight is 313 g/mol. The van der Waals surface area contributed by atoms with Crippen LogP contribution in [0.5, 0.6) is 11.5 Å². The molecular formula is C19H23NO3. The Bertz CT molecular complexity index is 638. The third-order valence-electron chi connectivity index (χ3n) is 3.29. The van der Waals surface area contributed by atoms with Gasteiger partial charge in [-0.1, -0.05) is 6.07 Å². The second-order valence-corrected chi connectivity index (χ2v) is 5.55. The SMILES string of the molecule is CCOc1cc(CCC(=O)c2cccnc2)ccc1OC(C)C. The van der Waals surface area contributed by atoms with Gasteiger partial charge in [0.15, 0.2) is 17.3 Å². The molecule has 0 saturated heterocycles. The van der Waals surface area contributed by atoms with E-state index in [1.807, 2.05) is 39.0 Å². The van der Waals surface area contributed by atoms with Crippen molar-refractivity contribution in [2.24, 2.45) is 0 Å². The first-order valence-corrected chi connectivity index (χ1v) is 7.95. The molecule has 2 aromatic rings. The van der Waals surface area contributed by atoms with E-state index in [1.165, 1.54) is 0 Å². The van der Waals surface area contributed by atoms with E-state index in [4.69, 9.17) is 9.47 Å². The lowest BCUT2D eigenvalue weighted by molar-refractivity contribution is 0.0982. The molecule has 4 heteroatoms. The Hall–Kier alpha value is -2.36. The third-order valence-corrected chi connectivity index (χ3v) is 3.29. The molecule has 0 fully saturated rings. The number of ether oxygens (including phenoxy) is 2. The zero-order chi connectivity index (χ0) is 16.7. The van der Waals surface area contributed by atoms with E-state index in [0.29, 0.717) is 25.0 Å². The minimum Gasteiger partial charge on any atom is -0.490 e. The van der Waals surface area contributed by atoms with Gasteiger partial charge in [-0.2, -0.15) is 0 Å². The highest BCUT2D eigenvalue weighted by Crippen LogP contribution is 2.30. The number of rotatable bonds is 8. The highest BCUT2D eigenvalue weighted by atomic mass is 16.5. The summed E-state index contributed by atoms with van der Waals surface area (Å²) in [5, 5.41) is 0. The van der Waals surface area contributed by atoms with Crippen LogP contribution in [0.4, 0.5) is 0 Å². The topological polar surface area (TPSA) is 48.4 Å². The fourth-order valence-electron chi connectivity index (χ4n) is 2.26. The first kappa shape index (κ1) is 17.0. The maximum atomic E-state index is 12.1. The first-order chi connectivity index (χ1) is 11.1. The largest absolute Gasteiger partial charge is 0.490 e. The molecule has 1 aromatic heterocycles. The minimum absolute atomic E-state index is 0.0900. The van der Waals surface area contributed by atoms with Crippen LogP contribution in [-0.4, -0.2) is 23.5 Å². The molecule has 0 unspecified atom stereocenters. The number of ketones is 1. The molecule has 0 N–H and O–H groups in total. The van der Waals surface area contributed by atoms with Crippen molar-refractivity contribution in [3.8, 4) is 11.5 Å². The van der Waals surface area contributed by atoms with Crippen LogP contribution < -0.4 is 9.47 Å². The molecule has 0 saturated carbocycles. The molecule has 122 valence electrons. The summed E-state index contributed by atoms with van der Waals surface area (Å²) in [7, 11) is 0. The number of benzene rings is 1. The van der Waals surface area contributed by atoms with E-state index >= 15 is 0 Å². The van der Waals surface area contributed by atoms with Gasteiger partial charge in [0.2, 0.25) is 0 Å². The van der Waals surface area contributed by atoms with Crippen LogP contribution in [0.1, 0.15) is 43.1 Å². The molecule has 2 rings (SSSR count). The molecule has 0 aliphatic carbocycles. The van der Waals surface area contributed by atoms with Gasteiger partial charge in [0.1, 0.15) is 0 Å². The van der Waals surface area contributed by atoms with Gasteiger partial charge < -0.3 is 9.47 Å². The predicted octanol–water partition coefficient (Wildman–Crippen LogP) is 4.08. The van der Waals surface area contributed by atoms with Gasteiger partial charge >= 0.3 is 0 Å². The molecule has 0 aliphatic heterocycles. The second kappa shape index (κ2) is 8.32. The number of hydrogen-bond donors (Lipinski definition) is 0. The number of carbonyl (C=O) groups excluding carboxylic acids is 1. The molecule has 0 amide bonds. The Morgan fingerprint density at radius 3 is 2.70 bits per heavy atom. The van der Waals surface area contributed by atoms with Crippen molar-refractivity contribution in [1.82, 2.24) is 4.98 Å². The van der Waals surface area contributed by atoms with Crippen LogP contribution in [0.15, 0.2) is 42.7 Å². The number of aryl methyl sites for hydroxylation is 1. The van der Waals surface area contributed by atoms with Crippen molar-refractivity contribution in [2.75, 3.05) is 6.61 Å². The van der Waals surface area contributed by atoms with Crippen molar-refractivity contribution >= 4 is 5.78 Å². The monoisotopic (exact) mass is 313 g/mol. The maximum Gasteiger partial charge on any atom is 0.164 e. The molecule has 4 nitrogen and oxygen atoms in total. The highest BCUT2D eigenvalue weighted by molar-refractivity contribution is 5.95. The quantitative estimate of drug-likeness (QED) is 0.689. The number of nitrogens with zero attached hydrogens (tertiary/aromatic N) is 1. The summed E-state index contributed by atoms with van der Waals surface area (Å²) in [5.41, 5.74) is 1.71. The lowest BCUT2D eigenvalue weighted by Gasteiger charge is -2.15. The van der Waals surface area contributed by atoms with E-state index in [9.17, 15) is 4.79 Å². The summed E-state index contributed by atoms with van der Waals surface area (Å²) in [6.45, 7) is 6.48. The Balaban J connectivity index is 2.05. The lowest BCUT2D eigenvalue weighted by atomic mass is 10.0. The minimum atomic E-state index is 0.0900. The van der Waals surface area contributed by atoms with Gasteiger partial charge in [0.25, 0.3) is 0 Å². The van der Waals surface area contributed by atoms with Crippen molar-refractivity contribution in [3.63, 3.8) is 0 Å². The van der Waals surface area contributed by atoms with Gasteiger partial charge in [-0.3, -0.25) is 9.78 Å². The Kier molecular flexibility index (Phi) is 6.15. The van der Waals surface area contributed by atoms with Crippen molar-refractivity contribution in [1.29, 1.82) is 0 Å².